The number of likely N-dealkylation sites (N-methyl/N-ethyl adjacent to an activating group) is 1. The Morgan fingerprint density at radius 2 is 1.80 bits per heavy atom. The minimum Gasteiger partial charge on any atom is -0.508 e. The number of primary amides is 1. The highest BCUT2D eigenvalue weighted by molar-refractivity contribution is 14.1. The van der Waals surface area contributed by atoms with Crippen molar-refractivity contribution in [3.05, 3.63) is 79.1 Å². The number of halogens is 1. The molecule has 0 radical (unpaired) electrons. The highest BCUT2D eigenvalue weighted by atomic mass is 127. The van der Waals surface area contributed by atoms with Crippen LogP contribution in [0.2, 0.25) is 0 Å². The molecule has 7 N–H and O–H groups in total. The third-order valence-corrected chi connectivity index (χ3v) is 8.54. The number of benzene rings is 2. The molecule has 0 unspecified atom stereocenters. The number of aryl methyl sites for hydroxylation is 1. The molecule has 0 aliphatic heterocycles. The number of Topliss-reactive ketones (excluding diaryl/α,β-unsaturated/α-hetero) is 2. The average Bonchev–Trinajstić information content (AvgIpc) is 2.84. The Morgan fingerprint density at radius 3 is 2.40 bits per heavy atom. The van der Waals surface area contributed by atoms with Gasteiger partial charge in [0, 0.05) is 9.49 Å². The third kappa shape index (κ3) is 3.83. The van der Waals surface area contributed by atoms with Crippen LogP contribution in [0.5, 0.6) is 5.75 Å². The Kier molecular flexibility index (Phi) is 6.69. The zero-order valence-corrected chi connectivity index (χ0v) is 23.9. The van der Waals surface area contributed by atoms with Crippen LogP contribution in [0.3, 0.4) is 0 Å². The van der Waals surface area contributed by atoms with E-state index >= 15 is 0 Å². The molecule has 2 aromatic rings. The lowest BCUT2D eigenvalue weighted by atomic mass is 9.55. The maximum atomic E-state index is 14.2. The Hall–Kier alpha value is -3.52. The van der Waals surface area contributed by atoms with Crippen molar-refractivity contribution in [2.24, 2.45) is 17.6 Å². The number of fused-ring (bicyclic) bond motifs is 3. The van der Waals surface area contributed by atoms with E-state index < -0.39 is 69.7 Å². The molecule has 1 saturated carbocycles. The number of nitrogens with two attached hydrogens (primary N) is 1. The smallest absolute Gasteiger partial charge is 0.255 e. The molecule has 0 aromatic heterocycles. The van der Waals surface area contributed by atoms with Crippen LogP contribution in [0.1, 0.15) is 22.3 Å². The van der Waals surface area contributed by atoms with Gasteiger partial charge in [-0.25, -0.2) is 0 Å². The highest BCUT2D eigenvalue weighted by Gasteiger charge is 2.68. The van der Waals surface area contributed by atoms with Gasteiger partial charge in [0.1, 0.15) is 22.8 Å². The van der Waals surface area contributed by atoms with Gasteiger partial charge in [0.15, 0.2) is 11.4 Å². The number of ketones is 2. The molecule has 1 amide bonds. The van der Waals surface area contributed by atoms with Gasteiger partial charge >= 0.3 is 0 Å². The summed E-state index contributed by atoms with van der Waals surface area (Å²) in [5, 5.41) is 56.9. The number of phenols is 1. The zero-order chi connectivity index (χ0) is 29.4. The molecule has 0 heterocycles. The summed E-state index contributed by atoms with van der Waals surface area (Å²) in [6, 6.07) is 8.75. The topological polar surface area (TPSA) is 182 Å². The van der Waals surface area contributed by atoms with Gasteiger partial charge in [-0.1, -0.05) is 24.3 Å². The molecule has 5 atom stereocenters. The second-order valence-electron chi connectivity index (χ2n) is 10.6. The Balaban J connectivity index is 1.87. The number of amides is 1. The van der Waals surface area contributed by atoms with Crippen molar-refractivity contribution in [2.45, 2.75) is 24.7 Å². The minimum atomic E-state index is -2.97. The molecule has 3 aliphatic rings. The molecule has 11 heteroatoms. The molecular formula is C29H27IN2O8. The number of hydrogen-bond donors (Lipinski definition) is 6. The summed E-state index contributed by atoms with van der Waals surface area (Å²) in [6.07, 6.45) is -0.0101. The van der Waals surface area contributed by atoms with Crippen molar-refractivity contribution in [3.8, 4) is 5.75 Å². The maximum absolute atomic E-state index is 14.2. The van der Waals surface area contributed by atoms with E-state index in [0.29, 0.717) is 16.7 Å². The van der Waals surface area contributed by atoms with Crippen molar-refractivity contribution >= 4 is 57.5 Å². The minimum absolute atomic E-state index is 0.0976. The molecule has 0 saturated heterocycles. The van der Waals surface area contributed by atoms with Crippen molar-refractivity contribution in [1.29, 1.82) is 0 Å². The molecule has 40 heavy (non-hydrogen) atoms. The number of aromatic hydroxyl groups is 1. The standard InChI is InChI=1S/C29H27IN2O8/c1-11-7-12(9-13(30)8-11)10-15-14-5-4-6-16(33)17(14)23(34)19-18(15)24(35)21-22(32(2)3)25(36)20(28(31)39)27(38)29(21,40)26(19)37/h4-10,18,21-22,24,33-35,38,40H,1-3H3,(H2,31,39)/b15-10+/t18-,21-,22+,24+,29+/m1/s1. The van der Waals surface area contributed by atoms with Crippen LogP contribution < -0.4 is 5.73 Å². The third-order valence-electron chi connectivity index (χ3n) is 7.92. The van der Waals surface area contributed by atoms with Crippen LogP contribution in [-0.2, 0) is 14.4 Å². The summed E-state index contributed by atoms with van der Waals surface area (Å²) in [7, 11) is 2.92. The summed E-state index contributed by atoms with van der Waals surface area (Å²) < 4.78 is 0.921. The van der Waals surface area contributed by atoms with Crippen molar-refractivity contribution < 1.29 is 39.9 Å². The summed E-state index contributed by atoms with van der Waals surface area (Å²) in [5.41, 5.74) is 3.18. The van der Waals surface area contributed by atoms with Crippen LogP contribution in [-0.4, -0.2) is 79.7 Å². The summed E-state index contributed by atoms with van der Waals surface area (Å²) in [6.45, 7) is 1.90. The fraction of sp³-hybridized carbons (Fsp3) is 0.276. The van der Waals surface area contributed by atoms with E-state index in [4.69, 9.17) is 5.73 Å². The van der Waals surface area contributed by atoms with Crippen LogP contribution in [0.25, 0.3) is 17.4 Å². The number of aliphatic hydroxyl groups excluding tert-OH is 3. The Labute approximate surface area is 242 Å². The fourth-order valence-electron chi connectivity index (χ4n) is 6.34. The highest BCUT2D eigenvalue weighted by Crippen LogP contribution is 2.56. The van der Waals surface area contributed by atoms with Gasteiger partial charge in [0.25, 0.3) is 5.91 Å². The lowest BCUT2D eigenvalue weighted by Gasteiger charge is -2.53. The predicted octanol–water partition coefficient (Wildman–Crippen LogP) is 1.85. The van der Waals surface area contributed by atoms with Gasteiger partial charge in [0.2, 0.25) is 5.78 Å². The molecular weight excluding hydrogens is 631 g/mol. The number of phenolic OH excluding ortho intramolecular Hbond substituents is 1. The van der Waals surface area contributed by atoms with E-state index in [-0.39, 0.29) is 11.3 Å². The van der Waals surface area contributed by atoms with E-state index in [2.05, 4.69) is 22.6 Å². The van der Waals surface area contributed by atoms with E-state index in [9.17, 15) is 39.9 Å². The second kappa shape index (κ2) is 9.54. The first kappa shape index (κ1) is 28.0. The van der Waals surface area contributed by atoms with Gasteiger partial charge in [-0.2, -0.15) is 0 Å². The second-order valence-corrected chi connectivity index (χ2v) is 11.8. The molecule has 0 spiro atoms. The largest absolute Gasteiger partial charge is 0.508 e. The lowest BCUT2D eigenvalue weighted by Crippen LogP contribution is -2.70. The lowest BCUT2D eigenvalue weighted by molar-refractivity contribution is -0.166. The molecule has 208 valence electrons. The van der Waals surface area contributed by atoms with Crippen LogP contribution in [0.4, 0.5) is 0 Å². The van der Waals surface area contributed by atoms with E-state index in [1.807, 2.05) is 25.1 Å². The van der Waals surface area contributed by atoms with Crippen LogP contribution in [0, 0.1) is 22.3 Å². The average molecular weight is 658 g/mol. The quantitative estimate of drug-likeness (QED) is 0.212. The molecule has 2 aromatic carbocycles. The Bertz CT molecular complexity index is 1590. The first-order valence-electron chi connectivity index (χ1n) is 12.4. The van der Waals surface area contributed by atoms with Gasteiger partial charge < -0.3 is 31.3 Å². The fourth-order valence-corrected chi connectivity index (χ4v) is 7.19. The molecule has 0 bridgehead atoms. The molecule has 3 aliphatic carbocycles. The van der Waals surface area contributed by atoms with E-state index in [0.717, 1.165) is 9.13 Å². The van der Waals surface area contributed by atoms with E-state index in [1.54, 1.807) is 18.2 Å². The maximum Gasteiger partial charge on any atom is 0.255 e. The summed E-state index contributed by atoms with van der Waals surface area (Å²) >= 11 is 2.16. The number of aliphatic hydroxyl groups is 4. The molecule has 5 rings (SSSR count). The number of nitrogens with zero attached hydrogens (tertiary/aromatic N) is 1. The predicted molar refractivity (Wildman–Crippen MR) is 154 cm³/mol. The zero-order valence-electron chi connectivity index (χ0n) is 21.7. The van der Waals surface area contributed by atoms with Gasteiger partial charge in [-0.15, -0.1) is 0 Å². The van der Waals surface area contributed by atoms with Crippen LogP contribution in [0.15, 0.2) is 53.3 Å². The van der Waals surface area contributed by atoms with Crippen molar-refractivity contribution in [2.75, 3.05) is 14.1 Å². The first-order chi connectivity index (χ1) is 18.7. The van der Waals surface area contributed by atoms with Gasteiger partial charge in [-0.3, -0.25) is 19.3 Å². The monoisotopic (exact) mass is 658 g/mol. The van der Waals surface area contributed by atoms with Crippen molar-refractivity contribution in [3.63, 3.8) is 0 Å². The van der Waals surface area contributed by atoms with Crippen molar-refractivity contribution in [1.82, 2.24) is 4.90 Å². The van der Waals surface area contributed by atoms with E-state index in [1.165, 1.54) is 25.1 Å². The number of carbonyl (C=O) groups excluding carboxylic acids is 3. The number of hydrogen-bond acceptors (Lipinski definition) is 9. The number of carbonyl (C=O) groups is 3. The number of rotatable bonds is 3. The molecule has 10 nitrogen and oxygen atoms in total. The van der Waals surface area contributed by atoms with Gasteiger partial charge in [0.05, 0.1) is 29.2 Å². The van der Waals surface area contributed by atoms with Crippen LogP contribution >= 0.6 is 22.6 Å². The normalized spacial score (nSPS) is 29.0. The SMILES string of the molecule is Cc1cc(I)cc(/C=C2\c3cccc(O)c3C(O)=C3C(=O)[C@]4(O)C(O)=C(C(N)=O)C(=O)[C@@H](N(C)C)[C@@H]4[C@@H](O)[C@@H]32)c1. The summed E-state index contributed by atoms with van der Waals surface area (Å²) in [4.78, 5) is 41.1. The van der Waals surface area contributed by atoms with Gasteiger partial charge in [-0.05, 0) is 84.1 Å². The molecule has 1 fully saturated rings. The first-order valence-corrected chi connectivity index (χ1v) is 13.4. The Morgan fingerprint density at radius 1 is 1.12 bits per heavy atom. The summed E-state index contributed by atoms with van der Waals surface area (Å²) in [5.74, 6) is -8.79.